The molecule has 0 fully saturated rings. The molecule has 1 aromatic heterocycles. The van der Waals surface area contributed by atoms with Gasteiger partial charge in [-0.05, 0) is 18.2 Å². The van der Waals surface area contributed by atoms with Gasteiger partial charge in [0.15, 0.2) is 5.92 Å². The molecule has 0 spiro atoms. The largest absolute Gasteiger partial charge is 0.352 e. The van der Waals surface area contributed by atoms with Crippen molar-refractivity contribution in [3.8, 4) is 17.3 Å². The second kappa shape index (κ2) is 7.09. The molecule has 132 valence electrons. The third-order valence-corrected chi connectivity index (χ3v) is 5.32. The van der Waals surface area contributed by atoms with Crippen molar-refractivity contribution in [2.75, 3.05) is 5.32 Å². The van der Waals surface area contributed by atoms with Gasteiger partial charge in [0.05, 0.1) is 6.07 Å². The molecule has 1 aliphatic rings. The van der Waals surface area contributed by atoms with Crippen LogP contribution in [0, 0.1) is 17.2 Å². The first-order chi connectivity index (χ1) is 13.2. The van der Waals surface area contributed by atoms with Crippen LogP contribution in [0.2, 0.25) is 0 Å². The van der Waals surface area contributed by atoms with Gasteiger partial charge in [0.25, 0.3) is 0 Å². The van der Waals surface area contributed by atoms with E-state index < -0.39 is 17.6 Å². The van der Waals surface area contributed by atoms with Gasteiger partial charge in [0.2, 0.25) is 17.5 Å². The number of carbonyl (C=O) groups excluding carboxylic acids is 2. The zero-order valence-electron chi connectivity index (χ0n) is 14.0. The molecule has 0 bridgehead atoms. The van der Waals surface area contributed by atoms with Crippen molar-refractivity contribution in [1.82, 2.24) is 5.16 Å². The molecule has 1 unspecified atom stereocenters. The minimum atomic E-state index is -1.51. The first kappa shape index (κ1) is 17.1. The Balaban J connectivity index is 1.62. The Morgan fingerprint density at radius 1 is 1.15 bits per heavy atom. The number of hydrogen-bond donors (Lipinski definition) is 1. The monoisotopic (exact) mass is 375 g/mol. The van der Waals surface area contributed by atoms with Gasteiger partial charge in [0, 0.05) is 27.5 Å². The molecule has 3 aromatic rings. The number of para-hydroxylation sites is 1. The van der Waals surface area contributed by atoms with Crippen molar-refractivity contribution >= 4 is 29.1 Å². The van der Waals surface area contributed by atoms with E-state index >= 15 is 0 Å². The van der Waals surface area contributed by atoms with Gasteiger partial charge in [-0.15, -0.1) is 11.8 Å². The van der Waals surface area contributed by atoms with Gasteiger partial charge in [-0.1, -0.05) is 41.6 Å². The number of Topliss-reactive ketones (excluding diaryl/α,β-unsaturated/α-hetero) is 1. The van der Waals surface area contributed by atoms with Crippen molar-refractivity contribution in [2.45, 2.75) is 10.6 Å². The number of fused-ring (bicyclic) bond motifs is 3. The molecule has 27 heavy (non-hydrogen) atoms. The lowest BCUT2D eigenvalue weighted by Crippen LogP contribution is -2.29. The summed E-state index contributed by atoms with van der Waals surface area (Å²) in [6.45, 7) is 0. The van der Waals surface area contributed by atoms with Crippen molar-refractivity contribution in [3.63, 3.8) is 0 Å². The van der Waals surface area contributed by atoms with Crippen LogP contribution in [0.4, 0.5) is 5.69 Å². The minimum absolute atomic E-state index is 0.0261. The number of nitriles is 1. The summed E-state index contributed by atoms with van der Waals surface area (Å²) in [5, 5.41) is 16.0. The summed E-state index contributed by atoms with van der Waals surface area (Å²) < 4.78 is 5.28. The lowest BCUT2D eigenvalue weighted by Gasteiger charge is -2.14. The molecule has 0 saturated heterocycles. The van der Waals surface area contributed by atoms with E-state index in [0.717, 1.165) is 10.5 Å². The van der Waals surface area contributed by atoms with E-state index in [1.807, 2.05) is 24.3 Å². The molecule has 0 saturated carbocycles. The molecule has 1 N–H and O–H groups in total. The highest BCUT2D eigenvalue weighted by Crippen LogP contribution is 2.42. The van der Waals surface area contributed by atoms with Crippen molar-refractivity contribution in [3.05, 3.63) is 65.9 Å². The summed E-state index contributed by atoms with van der Waals surface area (Å²) in [5.41, 5.74) is 2.61. The van der Waals surface area contributed by atoms with Crippen LogP contribution < -0.4 is 5.32 Å². The van der Waals surface area contributed by atoms with E-state index in [-0.39, 0.29) is 5.76 Å². The van der Waals surface area contributed by atoms with Crippen LogP contribution in [-0.2, 0) is 10.5 Å². The first-order valence-corrected chi connectivity index (χ1v) is 9.18. The molecule has 2 heterocycles. The number of anilines is 1. The van der Waals surface area contributed by atoms with Gasteiger partial charge < -0.3 is 9.84 Å². The molecule has 7 heteroatoms. The fourth-order valence-corrected chi connectivity index (χ4v) is 3.95. The molecule has 4 rings (SSSR count). The minimum Gasteiger partial charge on any atom is -0.352 e. The summed E-state index contributed by atoms with van der Waals surface area (Å²) in [6, 6.07) is 18.1. The lowest BCUT2D eigenvalue weighted by molar-refractivity contribution is -0.117. The normalized spacial score (nSPS) is 13.0. The maximum absolute atomic E-state index is 12.8. The van der Waals surface area contributed by atoms with Crippen LogP contribution >= 0.6 is 11.8 Å². The number of aromatic nitrogens is 1. The number of amides is 1. The molecule has 1 atom stereocenters. The van der Waals surface area contributed by atoms with Crippen molar-refractivity contribution in [1.29, 1.82) is 5.26 Å². The maximum atomic E-state index is 12.8. The molecule has 1 amide bonds. The topological polar surface area (TPSA) is 96.0 Å². The standard InChI is InChI=1S/C20H13N3O3S/c21-10-14(20(25)22-12-6-2-1-3-7-12)18(24)19-15-11-27-16-9-5-4-8-13(16)17(15)23-26-19/h1-9,14H,11H2,(H,22,25). The highest BCUT2D eigenvalue weighted by atomic mass is 32.2. The number of nitrogens with one attached hydrogen (secondary N) is 1. The average Bonchev–Trinajstić information content (AvgIpc) is 3.14. The summed E-state index contributed by atoms with van der Waals surface area (Å²) in [5.74, 6) is -2.41. The lowest BCUT2D eigenvalue weighted by atomic mass is 9.98. The van der Waals surface area contributed by atoms with E-state index in [2.05, 4.69) is 10.5 Å². The van der Waals surface area contributed by atoms with E-state index in [0.29, 0.717) is 22.7 Å². The zero-order valence-corrected chi connectivity index (χ0v) is 14.8. The van der Waals surface area contributed by atoms with E-state index in [4.69, 9.17) is 4.52 Å². The zero-order chi connectivity index (χ0) is 18.8. The van der Waals surface area contributed by atoms with Crippen LogP contribution in [0.3, 0.4) is 0 Å². The fourth-order valence-electron chi connectivity index (χ4n) is 2.89. The van der Waals surface area contributed by atoms with E-state index in [1.54, 1.807) is 48.2 Å². The number of rotatable bonds is 4. The Labute approximate surface area is 159 Å². The number of hydrogen-bond acceptors (Lipinski definition) is 6. The Morgan fingerprint density at radius 2 is 1.89 bits per heavy atom. The molecular weight excluding hydrogens is 362 g/mol. The van der Waals surface area contributed by atoms with Crippen LogP contribution in [0.15, 0.2) is 64.0 Å². The number of ketones is 1. The summed E-state index contributed by atoms with van der Waals surface area (Å²) >= 11 is 1.56. The molecule has 1 aliphatic heterocycles. The Morgan fingerprint density at radius 3 is 2.67 bits per heavy atom. The van der Waals surface area contributed by atoms with Crippen LogP contribution in [-0.4, -0.2) is 16.8 Å². The highest BCUT2D eigenvalue weighted by molar-refractivity contribution is 7.98. The first-order valence-electron chi connectivity index (χ1n) is 8.19. The second-order valence-electron chi connectivity index (χ2n) is 5.91. The smallest absolute Gasteiger partial charge is 0.249 e. The number of nitrogens with zero attached hydrogens (tertiary/aromatic N) is 2. The summed E-state index contributed by atoms with van der Waals surface area (Å²) in [4.78, 5) is 26.3. The van der Waals surface area contributed by atoms with Gasteiger partial charge in [-0.3, -0.25) is 9.59 Å². The molecule has 6 nitrogen and oxygen atoms in total. The van der Waals surface area contributed by atoms with Gasteiger partial charge in [-0.25, -0.2) is 0 Å². The molecular formula is C20H13N3O3S. The van der Waals surface area contributed by atoms with Crippen LogP contribution in [0.5, 0.6) is 0 Å². The summed E-state index contributed by atoms with van der Waals surface area (Å²) in [6.07, 6.45) is 0. The third kappa shape index (κ3) is 3.11. The van der Waals surface area contributed by atoms with Crippen molar-refractivity contribution < 1.29 is 14.1 Å². The predicted molar refractivity (Wildman–Crippen MR) is 100 cm³/mol. The Bertz CT molecular complexity index is 1070. The van der Waals surface area contributed by atoms with Gasteiger partial charge >= 0.3 is 0 Å². The quantitative estimate of drug-likeness (QED) is 0.549. The Kier molecular flexibility index (Phi) is 4.48. The maximum Gasteiger partial charge on any atom is 0.249 e. The number of carbonyl (C=O) groups is 2. The SMILES string of the molecule is N#CC(C(=O)Nc1ccccc1)C(=O)c1onc2c1CSc1ccccc1-2. The van der Waals surface area contributed by atoms with E-state index in [1.165, 1.54) is 0 Å². The molecule has 2 aromatic carbocycles. The summed E-state index contributed by atoms with van der Waals surface area (Å²) in [7, 11) is 0. The van der Waals surface area contributed by atoms with Crippen LogP contribution in [0.25, 0.3) is 11.3 Å². The molecule has 0 aliphatic carbocycles. The van der Waals surface area contributed by atoms with Gasteiger partial charge in [-0.2, -0.15) is 5.26 Å². The van der Waals surface area contributed by atoms with Gasteiger partial charge in [0.1, 0.15) is 5.69 Å². The number of benzene rings is 2. The highest BCUT2D eigenvalue weighted by Gasteiger charge is 2.35. The third-order valence-electron chi connectivity index (χ3n) is 4.22. The predicted octanol–water partition coefficient (Wildman–Crippen LogP) is 3.91. The Hall–Kier alpha value is -3.37. The van der Waals surface area contributed by atoms with Crippen LogP contribution in [0.1, 0.15) is 16.1 Å². The average molecular weight is 375 g/mol. The second-order valence-corrected chi connectivity index (χ2v) is 6.92. The van der Waals surface area contributed by atoms with E-state index in [9.17, 15) is 14.9 Å². The molecule has 0 radical (unpaired) electrons. The van der Waals surface area contributed by atoms with Crippen molar-refractivity contribution in [2.24, 2.45) is 5.92 Å². The fraction of sp³-hybridized carbons (Fsp3) is 0.100. The number of thioether (sulfide) groups is 1.